The van der Waals surface area contributed by atoms with Crippen LogP contribution in [0.4, 0.5) is 5.69 Å². The molecule has 3 rings (SSSR count). The smallest absolute Gasteiger partial charge is 0.237 e. The third-order valence-electron chi connectivity index (χ3n) is 4.29. The fourth-order valence-corrected chi connectivity index (χ4v) is 4.91. The molecule has 0 aliphatic heterocycles. The number of phenolic OH excluding ortho intramolecular Hbond substituents is 1. The number of hydrogen-bond donors (Lipinski definition) is 2. The van der Waals surface area contributed by atoms with Gasteiger partial charge in [-0.25, -0.2) is 8.42 Å². The standard InChI is InChI=1S/C21H22N4O4S2/c1-3-12-25-19(14-31(28,29)18-10-5-4-6-11-18)23-24-21(25)30-15(2)20(27)22-16-8-7-9-17(26)13-16/h3-11,13,15,26H,1,12,14H2,2H3,(H,22,27). The van der Waals surface area contributed by atoms with Crippen LogP contribution in [0.1, 0.15) is 12.7 Å². The zero-order chi connectivity index (χ0) is 22.4. The number of hydrogen-bond acceptors (Lipinski definition) is 7. The Morgan fingerprint density at radius 1 is 1.23 bits per heavy atom. The lowest BCUT2D eigenvalue weighted by molar-refractivity contribution is -0.115. The summed E-state index contributed by atoms with van der Waals surface area (Å²) in [6, 6.07) is 14.4. The molecule has 0 spiro atoms. The van der Waals surface area contributed by atoms with Gasteiger partial charge in [0.05, 0.1) is 10.1 Å². The van der Waals surface area contributed by atoms with Crippen LogP contribution in [-0.2, 0) is 26.9 Å². The summed E-state index contributed by atoms with van der Waals surface area (Å²) in [4.78, 5) is 12.7. The highest BCUT2D eigenvalue weighted by molar-refractivity contribution is 8.00. The van der Waals surface area contributed by atoms with Crippen LogP contribution in [0.25, 0.3) is 0 Å². The molecule has 2 N–H and O–H groups in total. The number of aromatic hydroxyl groups is 1. The number of anilines is 1. The van der Waals surface area contributed by atoms with Crippen LogP contribution in [0.5, 0.6) is 5.75 Å². The molecule has 0 aliphatic rings. The first-order chi connectivity index (χ1) is 14.8. The van der Waals surface area contributed by atoms with Gasteiger partial charge in [0.2, 0.25) is 5.91 Å². The molecule has 0 radical (unpaired) electrons. The Kier molecular flexibility index (Phi) is 7.13. The molecule has 2 aromatic carbocycles. The summed E-state index contributed by atoms with van der Waals surface area (Å²) in [5, 5.41) is 20.3. The fourth-order valence-electron chi connectivity index (χ4n) is 2.75. The second-order valence-corrected chi connectivity index (χ2v) is 9.97. The van der Waals surface area contributed by atoms with E-state index in [0.29, 0.717) is 17.4 Å². The lowest BCUT2D eigenvalue weighted by Gasteiger charge is -2.13. The average molecular weight is 459 g/mol. The predicted octanol–water partition coefficient (Wildman–Crippen LogP) is 3.26. The van der Waals surface area contributed by atoms with Gasteiger partial charge in [-0.1, -0.05) is 42.1 Å². The van der Waals surface area contributed by atoms with Crippen molar-refractivity contribution in [1.82, 2.24) is 14.8 Å². The van der Waals surface area contributed by atoms with Gasteiger partial charge in [-0.3, -0.25) is 4.79 Å². The van der Waals surface area contributed by atoms with Crippen LogP contribution in [0, 0.1) is 0 Å². The minimum Gasteiger partial charge on any atom is -0.508 e. The Morgan fingerprint density at radius 2 is 1.97 bits per heavy atom. The third kappa shape index (κ3) is 5.74. The molecule has 1 amide bonds. The Labute approximate surface area is 184 Å². The minimum atomic E-state index is -3.60. The molecular formula is C21H22N4O4S2. The lowest BCUT2D eigenvalue weighted by atomic mass is 10.3. The van der Waals surface area contributed by atoms with E-state index in [9.17, 15) is 18.3 Å². The van der Waals surface area contributed by atoms with Crippen molar-refractivity contribution in [3.8, 4) is 5.75 Å². The second-order valence-electron chi connectivity index (χ2n) is 6.67. The summed E-state index contributed by atoms with van der Waals surface area (Å²) in [5.41, 5.74) is 0.472. The SMILES string of the molecule is C=CCn1c(CS(=O)(=O)c2ccccc2)nnc1SC(C)C(=O)Nc1cccc(O)c1. The number of allylic oxidation sites excluding steroid dienone is 1. The molecule has 1 aromatic heterocycles. The molecule has 0 bridgehead atoms. The first-order valence-electron chi connectivity index (χ1n) is 9.37. The summed E-state index contributed by atoms with van der Waals surface area (Å²) in [5.74, 6) is -0.287. The van der Waals surface area contributed by atoms with Crippen LogP contribution in [0.3, 0.4) is 0 Å². The van der Waals surface area contributed by atoms with Crippen molar-refractivity contribution < 1.29 is 18.3 Å². The number of nitrogens with zero attached hydrogens (tertiary/aromatic N) is 3. The summed E-state index contributed by atoms with van der Waals surface area (Å²) in [6.45, 7) is 5.72. The number of carbonyl (C=O) groups excluding carboxylic acids is 1. The number of nitrogens with one attached hydrogen (secondary N) is 1. The summed E-state index contributed by atoms with van der Waals surface area (Å²) in [7, 11) is -3.60. The van der Waals surface area contributed by atoms with Crippen LogP contribution >= 0.6 is 11.8 Å². The van der Waals surface area contributed by atoms with Gasteiger partial charge in [0.1, 0.15) is 17.3 Å². The maximum absolute atomic E-state index is 12.7. The molecule has 0 aliphatic carbocycles. The van der Waals surface area contributed by atoms with Crippen LogP contribution < -0.4 is 5.32 Å². The van der Waals surface area contributed by atoms with E-state index in [1.807, 2.05) is 0 Å². The highest BCUT2D eigenvalue weighted by Gasteiger charge is 2.24. The van der Waals surface area contributed by atoms with Gasteiger partial charge in [-0.05, 0) is 31.2 Å². The zero-order valence-corrected chi connectivity index (χ0v) is 18.4. The number of aromatic nitrogens is 3. The maximum Gasteiger partial charge on any atom is 0.237 e. The topological polar surface area (TPSA) is 114 Å². The van der Waals surface area contributed by atoms with Crippen molar-refractivity contribution in [2.24, 2.45) is 0 Å². The average Bonchev–Trinajstić information content (AvgIpc) is 3.09. The van der Waals surface area contributed by atoms with Crippen molar-refractivity contribution in [3.63, 3.8) is 0 Å². The minimum absolute atomic E-state index is 0.0492. The molecule has 1 atom stereocenters. The molecule has 8 nitrogen and oxygen atoms in total. The molecular weight excluding hydrogens is 436 g/mol. The largest absolute Gasteiger partial charge is 0.508 e. The number of rotatable bonds is 9. The predicted molar refractivity (Wildman–Crippen MR) is 120 cm³/mol. The van der Waals surface area contributed by atoms with Crippen molar-refractivity contribution in [3.05, 3.63) is 73.1 Å². The number of phenols is 1. The van der Waals surface area contributed by atoms with Gasteiger partial charge in [0, 0.05) is 18.3 Å². The van der Waals surface area contributed by atoms with Crippen molar-refractivity contribution in [1.29, 1.82) is 0 Å². The molecule has 0 saturated heterocycles. The quantitative estimate of drug-likeness (QED) is 0.374. The molecule has 1 unspecified atom stereocenters. The van der Waals surface area contributed by atoms with Crippen molar-refractivity contribution in [2.75, 3.05) is 5.32 Å². The van der Waals surface area contributed by atoms with E-state index in [2.05, 4.69) is 22.1 Å². The van der Waals surface area contributed by atoms with E-state index in [1.54, 1.807) is 47.9 Å². The van der Waals surface area contributed by atoms with Gasteiger partial charge in [-0.15, -0.1) is 16.8 Å². The van der Waals surface area contributed by atoms with Gasteiger partial charge in [0.25, 0.3) is 0 Å². The number of carbonyl (C=O) groups is 1. The highest BCUT2D eigenvalue weighted by atomic mass is 32.2. The normalized spacial score (nSPS) is 12.3. The molecule has 1 heterocycles. The first-order valence-corrected chi connectivity index (χ1v) is 11.9. The molecule has 162 valence electrons. The monoisotopic (exact) mass is 458 g/mol. The Balaban J connectivity index is 1.76. The van der Waals surface area contributed by atoms with Crippen LogP contribution in [0.15, 0.2) is 77.3 Å². The van der Waals surface area contributed by atoms with Crippen molar-refractivity contribution in [2.45, 2.75) is 34.5 Å². The third-order valence-corrected chi connectivity index (χ3v) is 7.00. The number of benzene rings is 2. The summed E-state index contributed by atoms with van der Waals surface area (Å²) in [6.07, 6.45) is 1.61. The molecule has 3 aromatic rings. The zero-order valence-electron chi connectivity index (χ0n) is 16.8. The maximum atomic E-state index is 12.7. The van der Waals surface area contributed by atoms with Crippen LogP contribution in [-0.4, -0.2) is 39.4 Å². The highest BCUT2D eigenvalue weighted by Crippen LogP contribution is 2.26. The first kappa shape index (κ1) is 22.6. The molecule has 0 saturated carbocycles. The number of sulfone groups is 1. The number of amides is 1. The molecule has 10 heteroatoms. The van der Waals surface area contributed by atoms with E-state index in [-0.39, 0.29) is 28.1 Å². The fraction of sp³-hybridized carbons (Fsp3) is 0.190. The Hall–Kier alpha value is -3.11. The van der Waals surface area contributed by atoms with E-state index < -0.39 is 15.1 Å². The van der Waals surface area contributed by atoms with Gasteiger partial charge in [0.15, 0.2) is 15.0 Å². The van der Waals surface area contributed by atoms with Gasteiger partial charge >= 0.3 is 0 Å². The molecule has 31 heavy (non-hydrogen) atoms. The van der Waals surface area contributed by atoms with E-state index in [0.717, 1.165) is 11.8 Å². The Morgan fingerprint density at radius 3 is 2.65 bits per heavy atom. The van der Waals surface area contributed by atoms with E-state index >= 15 is 0 Å². The van der Waals surface area contributed by atoms with Crippen LogP contribution in [0.2, 0.25) is 0 Å². The molecule has 0 fully saturated rings. The summed E-state index contributed by atoms with van der Waals surface area (Å²) >= 11 is 1.16. The summed E-state index contributed by atoms with van der Waals surface area (Å²) < 4.78 is 27.1. The second kappa shape index (κ2) is 9.80. The van der Waals surface area contributed by atoms with E-state index in [4.69, 9.17) is 0 Å². The lowest BCUT2D eigenvalue weighted by Crippen LogP contribution is -2.23. The van der Waals surface area contributed by atoms with Gasteiger partial charge in [-0.2, -0.15) is 0 Å². The van der Waals surface area contributed by atoms with Gasteiger partial charge < -0.3 is 15.0 Å². The van der Waals surface area contributed by atoms with Crippen molar-refractivity contribution >= 4 is 33.2 Å². The van der Waals surface area contributed by atoms with E-state index in [1.165, 1.54) is 24.3 Å². The Bertz CT molecular complexity index is 1180. The number of thioether (sulfide) groups is 1.